The lowest BCUT2D eigenvalue weighted by atomic mass is 9.95. The Hall–Kier alpha value is -1.35. The van der Waals surface area contributed by atoms with Crippen LogP contribution in [0.2, 0.25) is 0 Å². The van der Waals surface area contributed by atoms with Crippen molar-refractivity contribution in [1.29, 1.82) is 0 Å². The van der Waals surface area contributed by atoms with Gasteiger partial charge in [-0.25, -0.2) is 0 Å². The molecular formula is C13H17NO2. The minimum absolute atomic E-state index is 0.172. The summed E-state index contributed by atoms with van der Waals surface area (Å²) >= 11 is 0. The van der Waals surface area contributed by atoms with Crippen LogP contribution in [-0.2, 0) is 17.6 Å². The number of benzene rings is 1. The van der Waals surface area contributed by atoms with Gasteiger partial charge in [0.2, 0.25) is 0 Å². The third kappa shape index (κ3) is 1.83. The van der Waals surface area contributed by atoms with Gasteiger partial charge in [0.05, 0.1) is 0 Å². The number of carbonyl (C=O) groups is 1. The highest BCUT2D eigenvalue weighted by Gasteiger charge is 2.43. The van der Waals surface area contributed by atoms with E-state index >= 15 is 0 Å². The molecule has 0 saturated heterocycles. The number of carboxylic acid groups (broad SMARTS) is 1. The van der Waals surface area contributed by atoms with Crippen LogP contribution in [-0.4, -0.2) is 22.7 Å². The van der Waals surface area contributed by atoms with Crippen LogP contribution in [0.1, 0.15) is 25.0 Å². The van der Waals surface area contributed by atoms with E-state index in [1.54, 1.807) is 0 Å². The van der Waals surface area contributed by atoms with Crippen molar-refractivity contribution in [2.45, 2.75) is 38.3 Å². The Balaban J connectivity index is 2.31. The highest BCUT2D eigenvalue weighted by atomic mass is 16.4. The molecular weight excluding hydrogens is 202 g/mol. The van der Waals surface area contributed by atoms with E-state index in [-0.39, 0.29) is 6.04 Å². The molecule has 0 amide bonds. The average Bonchev–Trinajstić information content (AvgIpc) is 2.55. The molecule has 0 radical (unpaired) electrons. The molecule has 0 saturated carbocycles. The lowest BCUT2D eigenvalue weighted by Crippen LogP contribution is -2.55. The van der Waals surface area contributed by atoms with Gasteiger partial charge < -0.3 is 5.11 Å². The van der Waals surface area contributed by atoms with Gasteiger partial charge >= 0.3 is 5.97 Å². The van der Waals surface area contributed by atoms with E-state index in [2.05, 4.69) is 5.32 Å². The molecule has 0 heterocycles. The zero-order chi connectivity index (χ0) is 11.8. The van der Waals surface area contributed by atoms with Crippen LogP contribution in [0.5, 0.6) is 0 Å². The van der Waals surface area contributed by atoms with E-state index in [4.69, 9.17) is 0 Å². The molecule has 3 nitrogen and oxygen atoms in total. The van der Waals surface area contributed by atoms with Gasteiger partial charge in [0.25, 0.3) is 0 Å². The second-order valence-corrected chi connectivity index (χ2v) is 4.81. The Morgan fingerprint density at radius 2 is 1.81 bits per heavy atom. The van der Waals surface area contributed by atoms with Gasteiger partial charge in [0, 0.05) is 18.9 Å². The van der Waals surface area contributed by atoms with Crippen LogP contribution >= 0.6 is 0 Å². The van der Waals surface area contributed by atoms with Gasteiger partial charge in [-0.1, -0.05) is 24.3 Å². The summed E-state index contributed by atoms with van der Waals surface area (Å²) in [5.41, 5.74) is 1.49. The number of carboxylic acids is 1. The Labute approximate surface area is 95.5 Å². The first-order valence-electron chi connectivity index (χ1n) is 5.61. The van der Waals surface area contributed by atoms with Crippen LogP contribution in [0, 0.1) is 0 Å². The molecule has 1 aliphatic carbocycles. The summed E-state index contributed by atoms with van der Waals surface area (Å²) in [7, 11) is 0. The number of hydrogen-bond acceptors (Lipinski definition) is 2. The number of aliphatic carboxylic acids is 1. The minimum atomic E-state index is -0.808. The third-order valence-electron chi connectivity index (χ3n) is 3.08. The summed E-state index contributed by atoms with van der Waals surface area (Å²) in [6, 6.07) is 8.13. The zero-order valence-corrected chi connectivity index (χ0v) is 9.66. The van der Waals surface area contributed by atoms with Crippen LogP contribution in [0.25, 0.3) is 0 Å². The SMILES string of the molecule is CC(C)NC1(C(=O)O)Cc2ccccc2C1. The van der Waals surface area contributed by atoms with Crippen molar-refractivity contribution in [1.82, 2.24) is 5.32 Å². The Morgan fingerprint density at radius 1 is 1.31 bits per heavy atom. The summed E-state index contributed by atoms with van der Waals surface area (Å²) in [5, 5.41) is 12.6. The van der Waals surface area contributed by atoms with Gasteiger partial charge in [-0.3, -0.25) is 10.1 Å². The molecule has 16 heavy (non-hydrogen) atoms. The highest BCUT2D eigenvalue weighted by Crippen LogP contribution is 2.30. The first-order chi connectivity index (χ1) is 7.53. The molecule has 0 bridgehead atoms. The van der Waals surface area contributed by atoms with Crippen molar-refractivity contribution in [2.24, 2.45) is 0 Å². The van der Waals surface area contributed by atoms with Crippen LogP contribution in [0.4, 0.5) is 0 Å². The summed E-state index contributed by atoms with van der Waals surface area (Å²) in [4.78, 5) is 11.5. The van der Waals surface area contributed by atoms with Crippen molar-refractivity contribution in [3.05, 3.63) is 35.4 Å². The second kappa shape index (κ2) is 3.91. The molecule has 1 aromatic carbocycles. The fraction of sp³-hybridized carbons (Fsp3) is 0.462. The van der Waals surface area contributed by atoms with E-state index in [0.717, 1.165) is 11.1 Å². The number of nitrogens with one attached hydrogen (secondary N) is 1. The lowest BCUT2D eigenvalue weighted by molar-refractivity contribution is -0.144. The molecule has 0 spiro atoms. The predicted octanol–water partition coefficient (Wildman–Crippen LogP) is 1.61. The maximum absolute atomic E-state index is 11.5. The topological polar surface area (TPSA) is 49.3 Å². The average molecular weight is 219 g/mol. The van der Waals surface area contributed by atoms with Crippen molar-refractivity contribution in [2.75, 3.05) is 0 Å². The largest absolute Gasteiger partial charge is 0.480 e. The summed E-state index contributed by atoms with van der Waals surface area (Å²) < 4.78 is 0. The van der Waals surface area contributed by atoms with Crippen molar-refractivity contribution in [3.63, 3.8) is 0 Å². The molecule has 2 N–H and O–H groups in total. The summed E-state index contributed by atoms with van der Waals surface area (Å²) in [6.45, 7) is 3.96. The molecule has 0 fully saturated rings. The van der Waals surface area contributed by atoms with E-state index in [1.807, 2.05) is 38.1 Å². The molecule has 3 heteroatoms. The molecule has 0 aromatic heterocycles. The van der Waals surface area contributed by atoms with Crippen molar-refractivity contribution < 1.29 is 9.90 Å². The molecule has 0 aliphatic heterocycles. The van der Waals surface area contributed by atoms with Gasteiger partial charge in [-0.05, 0) is 25.0 Å². The van der Waals surface area contributed by atoms with Crippen LogP contribution in [0.3, 0.4) is 0 Å². The predicted molar refractivity (Wildman–Crippen MR) is 62.5 cm³/mol. The van der Waals surface area contributed by atoms with Crippen molar-refractivity contribution in [3.8, 4) is 0 Å². The monoisotopic (exact) mass is 219 g/mol. The van der Waals surface area contributed by atoms with Gasteiger partial charge in [-0.15, -0.1) is 0 Å². The van der Waals surface area contributed by atoms with E-state index < -0.39 is 11.5 Å². The second-order valence-electron chi connectivity index (χ2n) is 4.81. The standard InChI is InChI=1S/C13H17NO2/c1-9(2)14-13(12(15)16)7-10-5-3-4-6-11(10)8-13/h3-6,9,14H,7-8H2,1-2H3,(H,15,16). The Bertz CT molecular complexity index is 387. The van der Waals surface area contributed by atoms with Gasteiger partial charge in [-0.2, -0.15) is 0 Å². The Morgan fingerprint density at radius 3 is 2.19 bits per heavy atom. The maximum atomic E-state index is 11.5. The number of hydrogen-bond donors (Lipinski definition) is 2. The summed E-state index contributed by atoms with van der Waals surface area (Å²) in [5.74, 6) is -0.752. The highest BCUT2D eigenvalue weighted by molar-refractivity contribution is 5.81. The van der Waals surface area contributed by atoms with E-state index in [0.29, 0.717) is 12.8 Å². The zero-order valence-electron chi connectivity index (χ0n) is 9.66. The van der Waals surface area contributed by atoms with Gasteiger partial charge in [0.1, 0.15) is 5.54 Å². The molecule has 0 atom stereocenters. The summed E-state index contributed by atoms with van der Waals surface area (Å²) in [6.07, 6.45) is 1.16. The smallest absolute Gasteiger partial charge is 0.324 e. The molecule has 2 rings (SSSR count). The third-order valence-corrected chi connectivity index (χ3v) is 3.08. The number of rotatable bonds is 3. The molecule has 86 valence electrons. The van der Waals surface area contributed by atoms with Crippen LogP contribution < -0.4 is 5.32 Å². The van der Waals surface area contributed by atoms with Gasteiger partial charge in [0.15, 0.2) is 0 Å². The van der Waals surface area contributed by atoms with E-state index in [1.165, 1.54) is 0 Å². The van der Waals surface area contributed by atoms with Crippen LogP contribution in [0.15, 0.2) is 24.3 Å². The fourth-order valence-electron chi connectivity index (χ4n) is 2.48. The maximum Gasteiger partial charge on any atom is 0.324 e. The fourth-order valence-corrected chi connectivity index (χ4v) is 2.48. The van der Waals surface area contributed by atoms with Crippen molar-refractivity contribution >= 4 is 5.97 Å². The quantitative estimate of drug-likeness (QED) is 0.812. The minimum Gasteiger partial charge on any atom is -0.480 e. The molecule has 1 aromatic rings. The molecule has 1 aliphatic rings. The first kappa shape index (κ1) is 11.1. The first-order valence-corrected chi connectivity index (χ1v) is 5.61. The number of fused-ring (bicyclic) bond motifs is 1. The van der Waals surface area contributed by atoms with E-state index in [9.17, 15) is 9.90 Å². The normalized spacial score (nSPS) is 17.4. The Kier molecular flexibility index (Phi) is 2.72. The lowest BCUT2D eigenvalue weighted by Gasteiger charge is -2.28. The molecule has 0 unspecified atom stereocenters.